The number of ether oxygens (including phenoxy) is 3. The zero-order valence-electron chi connectivity index (χ0n) is 13.6. The summed E-state index contributed by atoms with van der Waals surface area (Å²) in [4.78, 5) is 7.00. The first-order valence-electron chi connectivity index (χ1n) is 8.88. The van der Waals surface area contributed by atoms with E-state index >= 15 is 0 Å². The third-order valence-electron chi connectivity index (χ3n) is 5.35. The van der Waals surface area contributed by atoms with Crippen molar-refractivity contribution >= 4 is 0 Å². The Morgan fingerprint density at radius 2 is 2.09 bits per heavy atom. The minimum absolute atomic E-state index is 0.158. The lowest BCUT2D eigenvalue weighted by molar-refractivity contribution is -0.0845. The monoisotopic (exact) mass is 318 g/mol. The summed E-state index contributed by atoms with van der Waals surface area (Å²) in [7, 11) is 0. The molecular formula is C18H26N2O3. The largest absolute Gasteiger partial charge is 0.381 e. The molecule has 0 unspecified atom stereocenters. The molecule has 0 radical (unpaired) electrons. The van der Waals surface area contributed by atoms with Gasteiger partial charge in [0.2, 0.25) is 0 Å². The smallest absolute Gasteiger partial charge is 0.100 e. The molecule has 0 aromatic carbocycles. The molecule has 4 rings (SSSR count). The van der Waals surface area contributed by atoms with Gasteiger partial charge in [0, 0.05) is 44.6 Å². The molecule has 1 aromatic rings. The third-order valence-corrected chi connectivity index (χ3v) is 5.35. The first kappa shape index (κ1) is 15.5. The summed E-state index contributed by atoms with van der Waals surface area (Å²) >= 11 is 0. The van der Waals surface area contributed by atoms with Crippen molar-refractivity contribution in [2.24, 2.45) is 0 Å². The van der Waals surface area contributed by atoms with Crippen LogP contribution in [-0.2, 0) is 20.8 Å². The number of hydrogen-bond acceptors (Lipinski definition) is 5. The van der Waals surface area contributed by atoms with E-state index < -0.39 is 0 Å². The molecular weight excluding hydrogens is 292 g/mol. The average molecular weight is 318 g/mol. The Hall–Kier alpha value is -1.01. The topological polar surface area (TPSA) is 43.8 Å². The second kappa shape index (κ2) is 7.26. The molecule has 3 aliphatic heterocycles. The molecule has 5 nitrogen and oxygen atoms in total. The fourth-order valence-electron chi connectivity index (χ4n) is 4.20. The molecule has 3 atom stereocenters. The summed E-state index contributed by atoms with van der Waals surface area (Å²) in [5, 5.41) is 0. The fourth-order valence-corrected chi connectivity index (χ4v) is 4.20. The van der Waals surface area contributed by atoms with Crippen molar-refractivity contribution in [1.29, 1.82) is 0 Å². The van der Waals surface area contributed by atoms with Crippen LogP contribution in [0.5, 0.6) is 0 Å². The SMILES string of the molecule is c1ccc(CO[C@@H]2CN(C3CCOCC3)[C@@H]3CCCO[C@@H]32)nc1. The van der Waals surface area contributed by atoms with E-state index in [-0.39, 0.29) is 12.2 Å². The van der Waals surface area contributed by atoms with Gasteiger partial charge in [-0.25, -0.2) is 0 Å². The lowest BCUT2D eigenvalue weighted by atomic mass is 9.99. The molecule has 3 fully saturated rings. The van der Waals surface area contributed by atoms with Gasteiger partial charge < -0.3 is 14.2 Å². The van der Waals surface area contributed by atoms with E-state index in [2.05, 4.69) is 9.88 Å². The molecule has 0 saturated carbocycles. The van der Waals surface area contributed by atoms with E-state index in [1.807, 2.05) is 24.4 Å². The van der Waals surface area contributed by atoms with Gasteiger partial charge in [-0.15, -0.1) is 0 Å². The summed E-state index contributed by atoms with van der Waals surface area (Å²) < 4.78 is 17.9. The number of pyridine rings is 1. The molecule has 0 amide bonds. The number of nitrogens with zero attached hydrogens (tertiary/aromatic N) is 2. The third kappa shape index (κ3) is 3.43. The van der Waals surface area contributed by atoms with Gasteiger partial charge in [-0.1, -0.05) is 6.07 Å². The zero-order valence-corrected chi connectivity index (χ0v) is 13.6. The van der Waals surface area contributed by atoms with Gasteiger partial charge in [0.15, 0.2) is 0 Å². The van der Waals surface area contributed by atoms with Gasteiger partial charge in [0.25, 0.3) is 0 Å². The van der Waals surface area contributed by atoms with Gasteiger partial charge in [-0.2, -0.15) is 0 Å². The van der Waals surface area contributed by atoms with Crippen LogP contribution in [0.15, 0.2) is 24.4 Å². The number of aromatic nitrogens is 1. The van der Waals surface area contributed by atoms with Crippen molar-refractivity contribution in [2.75, 3.05) is 26.4 Å². The molecule has 1 aromatic heterocycles. The Labute approximate surface area is 137 Å². The lowest BCUT2D eigenvalue weighted by Crippen LogP contribution is -2.47. The Balaban J connectivity index is 1.42. The van der Waals surface area contributed by atoms with Gasteiger partial charge in [-0.05, 0) is 37.8 Å². The standard InChI is InChI=1S/C18H26N2O3/c1-2-8-19-14(4-1)13-23-17-12-20(15-6-10-21-11-7-15)16-5-3-9-22-18(16)17/h1-2,4,8,15-18H,3,5-7,9-13H2/t16-,17-,18+/m1/s1. The van der Waals surface area contributed by atoms with Crippen molar-refractivity contribution in [3.8, 4) is 0 Å². The Bertz CT molecular complexity index is 492. The highest BCUT2D eigenvalue weighted by molar-refractivity contribution is 5.04. The number of likely N-dealkylation sites (tertiary alicyclic amines) is 1. The van der Waals surface area contributed by atoms with E-state index in [1.165, 1.54) is 6.42 Å². The van der Waals surface area contributed by atoms with Gasteiger partial charge in [-0.3, -0.25) is 9.88 Å². The Kier molecular flexibility index (Phi) is 4.90. The van der Waals surface area contributed by atoms with Crippen LogP contribution in [0.2, 0.25) is 0 Å². The second-order valence-electron chi connectivity index (χ2n) is 6.76. The van der Waals surface area contributed by atoms with Crippen LogP contribution in [0.25, 0.3) is 0 Å². The summed E-state index contributed by atoms with van der Waals surface area (Å²) in [6.07, 6.45) is 6.85. The highest BCUT2D eigenvalue weighted by atomic mass is 16.5. The maximum Gasteiger partial charge on any atom is 0.100 e. The van der Waals surface area contributed by atoms with Crippen molar-refractivity contribution in [3.63, 3.8) is 0 Å². The van der Waals surface area contributed by atoms with Crippen LogP contribution < -0.4 is 0 Å². The molecule has 0 bridgehead atoms. The van der Waals surface area contributed by atoms with E-state index in [0.717, 1.165) is 51.3 Å². The molecule has 0 spiro atoms. The van der Waals surface area contributed by atoms with Crippen molar-refractivity contribution in [3.05, 3.63) is 30.1 Å². The van der Waals surface area contributed by atoms with Crippen LogP contribution in [-0.4, -0.2) is 60.5 Å². The van der Waals surface area contributed by atoms with Gasteiger partial charge in [0.1, 0.15) is 6.10 Å². The quantitative estimate of drug-likeness (QED) is 0.850. The van der Waals surface area contributed by atoms with Crippen LogP contribution in [0.4, 0.5) is 0 Å². The molecule has 23 heavy (non-hydrogen) atoms. The van der Waals surface area contributed by atoms with Crippen LogP contribution in [0.3, 0.4) is 0 Å². The number of rotatable bonds is 4. The highest BCUT2D eigenvalue weighted by Gasteiger charge is 2.47. The predicted octanol–water partition coefficient (Wildman–Crippen LogP) is 2.01. The maximum absolute atomic E-state index is 6.22. The Morgan fingerprint density at radius 1 is 1.17 bits per heavy atom. The van der Waals surface area contributed by atoms with E-state index in [1.54, 1.807) is 0 Å². The maximum atomic E-state index is 6.22. The first-order valence-corrected chi connectivity index (χ1v) is 8.88. The van der Waals surface area contributed by atoms with Crippen molar-refractivity contribution < 1.29 is 14.2 Å². The van der Waals surface area contributed by atoms with Crippen molar-refractivity contribution in [2.45, 2.75) is 56.6 Å². The second-order valence-corrected chi connectivity index (χ2v) is 6.76. The molecule has 0 N–H and O–H groups in total. The molecule has 0 aliphatic carbocycles. The lowest BCUT2D eigenvalue weighted by Gasteiger charge is -2.38. The fraction of sp³-hybridized carbons (Fsp3) is 0.722. The Morgan fingerprint density at radius 3 is 2.91 bits per heavy atom. The minimum Gasteiger partial charge on any atom is -0.381 e. The minimum atomic E-state index is 0.158. The molecule has 4 heterocycles. The predicted molar refractivity (Wildman–Crippen MR) is 86.1 cm³/mol. The number of hydrogen-bond donors (Lipinski definition) is 0. The summed E-state index contributed by atoms with van der Waals surface area (Å²) in [5.41, 5.74) is 0.990. The van der Waals surface area contributed by atoms with Gasteiger partial charge in [0.05, 0.1) is 18.4 Å². The van der Waals surface area contributed by atoms with E-state index in [0.29, 0.717) is 18.7 Å². The highest BCUT2D eigenvalue weighted by Crippen LogP contribution is 2.34. The molecule has 126 valence electrons. The van der Waals surface area contributed by atoms with E-state index in [4.69, 9.17) is 14.2 Å². The first-order chi connectivity index (χ1) is 11.4. The van der Waals surface area contributed by atoms with Crippen LogP contribution in [0, 0.1) is 0 Å². The summed E-state index contributed by atoms with van der Waals surface area (Å²) in [5.74, 6) is 0. The van der Waals surface area contributed by atoms with Gasteiger partial charge >= 0.3 is 0 Å². The van der Waals surface area contributed by atoms with Crippen LogP contribution >= 0.6 is 0 Å². The number of fused-ring (bicyclic) bond motifs is 1. The normalized spacial score (nSPS) is 32.8. The molecule has 3 saturated heterocycles. The summed E-state index contributed by atoms with van der Waals surface area (Å²) in [6.45, 7) is 4.19. The van der Waals surface area contributed by atoms with Crippen molar-refractivity contribution in [1.82, 2.24) is 9.88 Å². The van der Waals surface area contributed by atoms with Crippen LogP contribution in [0.1, 0.15) is 31.4 Å². The average Bonchev–Trinajstić information content (AvgIpc) is 3.01. The summed E-state index contributed by atoms with van der Waals surface area (Å²) in [6, 6.07) is 7.10. The molecule has 5 heteroatoms. The zero-order chi connectivity index (χ0) is 15.5. The van der Waals surface area contributed by atoms with E-state index in [9.17, 15) is 0 Å². The molecule has 3 aliphatic rings.